The number of hydrogen-bond acceptors (Lipinski definition) is 8. The molecule has 0 bridgehead atoms. The van der Waals surface area contributed by atoms with Crippen molar-refractivity contribution in [3.05, 3.63) is 52.9 Å². The number of amides is 2. The quantitative estimate of drug-likeness (QED) is 0.395. The van der Waals surface area contributed by atoms with Gasteiger partial charge in [0.15, 0.2) is 18.1 Å². The summed E-state index contributed by atoms with van der Waals surface area (Å²) in [6.45, 7) is 1.02. The predicted octanol–water partition coefficient (Wildman–Crippen LogP) is 4.10. The molecule has 2 fully saturated rings. The minimum absolute atomic E-state index is 0.0373. The van der Waals surface area contributed by atoms with Crippen molar-refractivity contribution in [2.24, 2.45) is 0 Å². The molecule has 2 saturated heterocycles. The molecule has 0 aromatic heterocycles. The van der Waals surface area contributed by atoms with Crippen LogP contribution in [0.4, 0.5) is 5.69 Å². The van der Waals surface area contributed by atoms with Crippen LogP contribution in [0.3, 0.4) is 0 Å². The van der Waals surface area contributed by atoms with Gasteiger partial charge in [0.1, 0.15) is 10.1 Å². The Bertz CT molecular complexity index is 1130. The maximum absolute atomic E-state index is 12.9. The molecular weight excluding hydrogens is 488 g/mol. The molecule has 0 radical (unpaired) electrons. The fourth-order valence-corrected chi connectivity index (χ4v) is 4.98. The minimum Gasteiger partial charge on any atom is -0.497 e. The van der Waals surface area contributed by atoms with E-state index in [-0.39, 0.29) is 24.5 Å². The average molecular weight is 515 g/mol. The van der Waals surface area contributed by atoms with Gasteiger partial charge in [-0.05, 0) is 60.9 Å². The van der Waals surface area contributed by atoms with E-state index < -0.39 is 0 Å². The van der Waals surface area contributed by atoms with Gasteiger partial charge in [0.2, 0.25) is 0 Å². The molecule has 0 unspecified atom stereocenters. The Balaban J connectivity index is 1.37. The Morgan fingerprint density at radius 3 is 2.69 bits per heavy atom. The third kappa shape index (κ3) is 6.33. The number of anilines is 1. The highest BCUT2D eigenvalue weighted by atomic mass is 32.2. The van der Waals surface area contributed by atoms with Crippen molar-refractivity contribution in [2.45, 2.75) is 18.9 Å². The molecule has 0 spiro atoms. The van der Waals surface area contributed by atoms with E-state index in [1.807, 2.05) is 0 Å². The number of ether oxygens (including phenoxy) is 4. The Hall–Kier alpha value is -3.08. The van der Waals surface area contributed by atoms with Gasteiger partial charge >= 0.3 is 0 Å². The van der Waals surface area contributed by atoms with E-state index in [0.29, 0.717) is 38.7 Å². The molecule has 184 valence electrons. The largest absolute Gasteiger partial charge is 0.497 e. The lowest BCUT2D eigenvalue weighted by Gasteiger charge is -2.18. The molecule has 2 aromatic carbocycles. The van der Waals surface area contributed by atoms with Crippen LogP contribution < -0.4 is 19.5 Å². The number of carbonyl (C=O) groups is 2. The van der Waals surface area contributed by atoms with Gasteiger partial charge < -0.3 is 24.3 Å². The molecule has 35 heavy (non-hydrogen) atoms. The summed E-state index contributed by atoms with van der Waals surface area (Å²) in [5.41, 5.74) is 1.40. The monoisotopic (exact) mass is 514 g/mol. The second-order valence-corrected chi connectivity index (χ2v) is 9.58. The molecule has 2 aromatic rings. The molecule has 8 nitrogen and oxygen atoms in total. The normalized spacial score (nSPS) is 18.7. The highest BCUT2D eigenvalue weighted by Crippen LogP contribution is 2.35. The zero-order chi connectivity index (χ0) is 24.8. The van der Waals surface area contributed by atoms with Gasteiger partial charge in [-0.25, -0.2) is 0 Å². The molecule has 2 aliphatic rings. The molecule has 0 saturated carbocycles. The Morgan fingerprint density at radius 2 is 2.00 bits per heavy atom. The first kappa shape index (κ1) is 25.0. The van der Waals surface area contributed by atoms with Crippen molar-refractivity contribution < 1.29 is 28.5 Å². The molecule has 1 N–H and O–H groups in total. The van der Waals surface area contributed by atoms with Crippen molar-refractivity contribution in [1.29, 1.82) is 0 Å². The number of benzene rings is 2. The van der Waals surface area contributed by atoms with E-state index in [9.17, 15) is 9.59 Å². The summed E-state index contributed by atoms with van der Waals surface area (Å²) in [6.07, 6.45) is 3.76. The smallest absolute Gasteiger partial charge is 0.266 e. The number of methoxy groups -OCH3 is 2. The lowest BCUT2D eigenvalue weighted by molar-refractivity contribution is -0.123. The third-order valence-corrected chi connectivity index (χ3v) is 6.88. The van der Waals surface area contributed by atoms with Crippen LogP contribution in [0.2, 0.25) is 0 Å². The number of nitrogens with zero attached hydrogens (tertiary/aromatic N) is 1. The molecule has 2 heterocycles. The number of carbonyl (C=O) groups excluding carboxylic acids is 2. The van der Waals surface area contributed by atoms with Gasteiger partial charge in [-0.2, -0.15) is 0 Å². The van der Waals surface area contributed by atoms with Gasteiger partial charge in [0, 0.05) is 12.3 Å². The summed E-state index contributed by atoms with van der Waals surface area (Å²) in [7, 11) is 3.10. The predicted molar refractivity (Wildman–Crippen MR) is 139 cm³/mol. The van der Waals surface area contributed by atoms with E-state index in [2.05, 4.69) is 5.32 Å². The van der Waals surface area contributed by atoms with Crippen molar-refractivity contribution in [1.82, 2.24) is 4.90 Å². The maximum atomic E-state index is 12.9. The van der Waals surface area contributed by atoms with Crippen molar-refractivity contribution in [3.63, 3.8) is 0 Å². The first-order valence-electron chi connectivity index (χ1n) is 11.1. The molecule has 0 aliphatic carbocycles. The summed E-state index contributed by atoms with van der Waals surface area (Å²) < 4.78 is 22.4. The second-order valence-electron chi connectivity index (χ2n) is 7.90. The molecule has 2 aliphatic heterocycles. The fraction of sp³-hybridized carbons (Fsp3) is 0.320. The Labute approximate surface area is 213 Å². The Kier molecular flexibility index (Phi) is 8.27. The second kappa shape index (κ2) is 11.6. The number of rotatable bonds is 9. The summed E-state index contributed by atoms with van der Waals surface area (Å²) in [5.74, 6) is 1.14. The molecule has 10 heteroatoms. The average Bonchev–Trinajstić information content (AvgIpc) is 3.47. The highest BCUT2D eigenvalue weighted by molar-refractivity contribution is 8.26. The number of thioether (sulfide) groups is 1. The summed E-state index contributed by atoms with van der Waals surface area (Å²) >= 11 is 6.69. The first-order valence-corrected chi connectivity index (χ1v) is 12.3. The van der Waals surface area contributed by atoms with Crippen LogP contribution in [0.1, 0.15) is 18.4 Å². The van der Waals surface area contributed by atoms with Crippen LogP contribution in [0.15, 0.2) is 47.4 Å². The topological polar surface area (TPSA) is 86.3 Å². The summed E-state index contributed by atoms with van der Waals surface area (Å²) in [6, 6.07) is 12.3. The van der Waals surface area contributed by atoms with E-state index in [0.717, 1.165) is 25.0 Å². The molecule has 4 rings (SSSR count). The third-order valence-electron chi connectivity index (χ3n) is 5.50. The lowest BCUT2D eigenvalue weighted by Crippen LogP contribution is -2.35. The zero-order valence-electron chi connectivity index (χ0n) is 19.4. The van der Waals surface area contributed by atoms with Gasteiger partial charge in [0.25, 0.3) is 11.8 Å². The summed E-state index contributed by atoms with van der Waals surface area (Å²) in [4.78, 5) is 27.3. The standard InChI is InChI=1S/C25H26N2O6S2/c1-30-18-8-6-17(7-9-18)26-23(28)15-33-20-10-5-16(12-21(20)31-2)13-22-24(29)27(25(34)35-22)14-19-4-3-11-32-19/h5-10,12-13,19H,3-4,11,14-15H2,1-2H3,(H,26,28)/b22-13-/t19-/m0/s1. The molecule has 1 atom stereocenters. The fourth-order valence-electron chi connectivity index (χ4n) is 3.71. The van der Waals surface area contributed by atoms with Crippen LogP contribution in [-0.4, -0.2) is 61.1 Å². The minimum atomic E-state index is -0.309. The Morgan fingerprint density at radius 1 is 1.20 bits per heavy atom. The maximum Gasteiger partial charge on any atom is 0.266 e. The van der Waals surface area contributed by atoms with Crippen molar-refractivity contribution in [3.8, 4) is 17.2 Å². The van der Waals surface area contributed by atoms with Crippen molar-refractivity contribution >= 4 is 51.9 Å². The van der Waals surface area contributed by atoms with E-state index in [4.69, 9.17) is 31.2 Å². The molecular formula is C25H26N2O6S2. The van der Waals surface area contributed by atoms with E-state index in [1.54, 1.807) is 60.6 Å². The van der Waals surface area contributed by atoms with Gasteiger partial charge in [-0.15, -0.1) is 0 Å². The molecule has 2 amide bonds. The van der Waals surface area contributed by atoms with Crippen molar-refractivity contribution in [2.75, 3.05) is 39.3 Å². The SMILES string of the molecule is COc1ccc(NC(=O)COc2ccc(/C=C3\SC(=S)N(C[C@@H]4CCCO4)C3=O)cc2OC)cc1. The zero-order valence-corrected chi connectivity index (χ0v) is 21.1. The van der Waals surface area contributed by atoms with Crippen LogP contribution in [-0.2, 0) is 14.3 Å². The van der Waals surface area contributed by atoms with Crippen LogP contribution in [0.5, 0.6) is 17.2 Å². The summed E-state index contributed by atoms with van der Waals surface area (Å²) in [5, 5.41) is 2.76. The van der Waals surface area contributed by atoms with Gasteiger partial charge in [0.05, 0.1) is 31.8 Å². The van der Waals surface area contributed by atoms with E-state index in [1.165, 1.54) is 18.9 Å². The van der Waals surface area contributed by atoms with Crippen LogP contribution in [0, 0.1) is 0 Å². The highest BCUT2D eigenvalue weighted by Gasteiger charge is 2.34. The first-order chi connectivity index (χ1) is 17.0. The number of hydrogen-bond donors (Lipinski definition) is 1. The lowest BCUT2D eigenvalue weighted by atomic mass is 10.1. The number of thiocarbonyl (C=S) groups is 1. The van der Waals surface area contributed by atoms with Gasteiger partial charge in [-0.1, -0.05) is 30.0 Å². The van der Waals surface area contributed by atoms with E-state index >= 15 is 0 Å². The number of nitrogens with one attached hydrogen (secondary N) is 1. The van der Waals surface area contributed by atoms with Crippen LogP contribution >= 0.6 is 24.0 Å². The van der Waals surface area contributed by atoms with Gasteiger partial charge in [-0.3, -0.25) is 14.5 Å². The van der Waals surface area contributed by atoms with Crippen LogP contribution in [0.25, 0.3) is 6.08 Å².